The van der Waals surface area contributed by atoms with Crippen molar-refractivity contribution < 1.29 is 27.5 Å². The summed E-state index contributed by atoms with van der Waals surface area (Å²) >= 11 is 6.17. The predicted molar refractivity (Wildman–Crippen MR) is 129 cm³/mol. The van der Waals surface area contributed by atoms with E-state index in [0.717, 1.165) is 0 Å². The standard InChI is InChI=1S/C24H29ClF4N4O2/c1-16(15-34)30-14-17-2-4-19(20(26)12-17)23(35)31-21-5-3-18(25)13-22(21)33-10-8-32(9-11-33)7-6-24(27,28)29/h2-5,12-13,16,30,34H,6-11,14-15H2,1H3,(H,31,35)/t16-/m0/s1. The molecule has 0 saturated carbocycles. The normalized spacial score (nSPS) is 15.8. The van der Waals surface area contributed by atoms with E-state index in [9.17, 15) is 22.4 Å². The molecule has 1 atom stereocenters. The fourth-order valence-corrected chi connectivity index (χ4v) is 3.93. The van der Waals surface area contributed by atoms with Crippen molar-refractivity contribution in [3.63, 3.8) is 0 Å². The number of nitrogens with one attached hydrogen (secondary N) is 2. The first kappa shape index (κ1) is 27.2. The lowest BCUT2D eigenvalue weighted by atomic mass is 10.1. The molecule has 3 rings (SSSR count). The van der Waals surface area contributed by atoms with E-state index >= 15 is 0 Å². The Morgan fingerprint density at radius 2 is 1.86 bits per heavy atom. The molecule has 1 aliphatic heterocycles. The van der Waals surface area contributed by atoms with Gasteiger partial charge in [0.2, 0.25) is 0 Å². The molecule has 0 radical (unpaired) electrons. The fraction of sp³-hybridized carbons (Fsp3) is 0.458. The van der Waals surface area contributed by atoms with Gasteiger partial charge in [0, 0.05) is 50.3 Å². The summed E-state index contributed by atoms with van der Waals surface area (Å²) in [5.41, 5.74) is 1.57. The van der Waals surface area contributed by atoms with Crippen LogP contribution in [0.3, 0.4) is 0 Å². The SMILES string of the molecule is C[C@@H](CO)NCc1ccc(C(=O)Nc2ccc(Cl)cc2N2CCN(CCC(F)(F)F)CC2)c(F)c1. The highest BCUT2D eigenvalue weighted by Crippen LogP contribution is 2.31. The Hall–Kier alpha value is -2.40. The van der Waals surface area contributed by atoms with Gasteiger partial charge in [0.15, 0.2) is 0 Å². The minimum atomic E-state index is -4.19. The topological polar surface area (TPSA) is 67.8 Å². The van der Waals surface area contributed by atoms with Crippen LogP contribution < -0.4 is 15.5 Å². The lowest BCUT2D eigenvalue weighted by molar-refractivity contribution is -0.138. The largest absolute Gasteiger partial charge is 0.395 e. The van der Waals surface area contributed by atoms with E-state index in [0.29, 0.717) is 54.7 Å². The summed E-state index contributed by atoms with van der Waals surface area (Å²) in [6, 6.07) is 9.07. The zero-order valence-electron chi connectivity index (χ0n) is 19.3. The van der Waals surface area contributed by atoms with Crippen molar-refractivity contribution in [2.75, 3.05) is 49.5 Å². The van der Waals surface area contributed by atoms with Gasteiger partial charge in [-0.25, -0.2) is 4.39 Å². The second-order valence-corrected chi connectivity index (χ2v) is 9.02. The number of halogens is 5. The number of rotatable bonds is 9. The first-order chi connectivity index (χ1) is 16.6. The number of hydrogen-bond donors (Lipinski definition) is 3. The fourth-order valence-electron chi connectivity index (χ4n) is 3.77. The predicted octanol–water partition coefficient (Wildman–Crippen LogP) is 4.28. The number of piperazine rings is 1. The molecular weight excluding hydrogens is 488 g/mol. The summed E-state index contributed by atoms with van der Waals surface area (Å²) in [6.45, 7) is 3.84. The maximum absolute atomic E-state index is 14.7. The summed E-state index contributed by atoms with van der Waals surface area (Å²) in [5, 5.41) is 15.3. The third kappa shape index (κ3) is 8.06. The molecule has 192 valence electrons. The molecule has 11 heteroatoms. The van der Waals surface area contributed by atoms with E-state index in [1.165, 1.54) is 12.1 Å². The van der Waals surface area contributed by atoms with Crippen LogP contribution in [0.1, 0.15) is 29.3 Å². The average molecular weight is 517 g/mol. The second-order valence-electron chi connectivity index (χ2n) is 8.59. The average Bonchev–Trinajstić information content (AvgIpc) is 2.82. The highest BCUT2D eigenvalue weighted by molar-refractivity contribution is 6.31. The molecule has 1 aliphatic rings. The van der Waals surface area contributed by atoms with Crippen LogP contribution >= 0.6 is 11.6 Å². The van der Waals surface area contributed by atoms with Gasteiger partial charge in [-0.1, -0.05) is 17.7 Å². The quantitative estimate of drug-likeness (QED) is 0.434. The maximum Gasteiger partial charge on any atom is 0.390 e. The molecular formula is C24H29ClF4N4O2. The first-order valence-corrected chi connectivity index (χ1v) is 11.7. The van der Waals surface area contributed by atoms with Gasteiger partial charge >= 0.3 is 6.18 Å². The van der Waals surface area contributed by atoms with Crippen molar-refractivity contribution in [2.24, 2.45) is 0 Å². The lowest BCUT2D eigenvalue weighted by Gasteiger charge is -2.37. The van der Waals surface area contributed by atoms with Crippen LogP contribution in [0.15, 0.2) is 36.4 Å². The number of carbonyl (C=O) groups excluding carboxylic acids is 1. The number of carbonyl (C=O) groups is 1. The van der Waals surface area contributed by atoms with Gasteiger partial charge in [-0.05, 0) is 42.8 Å². The van der Waals surface area contributed by atoms with Crippen LogP contribution in [0, 0.1) is 5.82 Å². The zero-order valence-corrected chi connectivity index (χ0v) is 20.1. The molecule has 6 nitrogen and oxygen atoms in total. The summed E-state index contributed by atoms with van der Waals surface area (Å²) in [5.74, 6) is -1.30. The monoisotopic (exact) mass is 516 g/mol. The molecule has 1 amide bonds. The lowest BCUT2D eigenvalue weighted by Crippen LogP contribution is -2.47. The van der Waals surface area contributed by atoms with Gasteiger partial charge in [0.1, 0.15) is 5.82 Å². The third-order valence-electron chi connectivity index (χ3n) is 5.84. The molecule has 35 heavy (non-hydrogen) atoms. The third-order valence-corrected chi connectivity index (χ3v) is 6.07. The zero-order chi connectivity index (χ0) is 25.6. The number of nitrogens with zero attached hydrogens (tertiary/aromatic N) is 2. The van der Waals surface area contributed by atoms with E-state index in [-0.39, 0.29) is 24.8 Å². The van der Waals surface area contributed by atoms with Crippen molar-refractivity contribution in [3.8, 4) is 0 Å². The Morgan fingerprint density at radius 1 is 1.14 bits per heavy atom. The molecule has 0 spiro atoms. The van der Waals surface area contributed by atoms with Gasteiger partial charge in [0.05, 0.1) is 30.0 Å². The first-order valence-electron chi connectivity index (χ1n) is 11.3. The molecule has 2 aromatic rings. The summed E-state index contributed by atoms with van der Waals surface area (Å²) in [7, 11) is 0. The molecule has 0 bridgehead atoms. The van der Waals surface area contributed by atoms with Gasteiger partial charge in [0.25, 0.3) is 5.91 Å². The van der Waals surface area contributed by atoms with Crippen molar-refractivity contribution in [3.05, 3.63) is 58.4 Å². The minimum Gasteiger partial charge on any atom is -0.395 e. The van der Waals surface area contributed by atoms with E-state index < -0.39 is 24.3 Å². The number of benzene rings is 2. The summed E-state index contributed by atoms with van der Waals surface area (Å²) in [4.78, 5) is 16.5. The van der Waals surface area contributed by atoms with Crippen molar-refractivity contribution in [2.45, 2.75) is 32.1 Å². The Balaban J connectivity index is 1.67. The van der Waals surface area contributed by atoms with Crippen LogP contribution in [0.4, 0.5) is 28.9 Å². The molecule has 1 fully saturated rings. The number of aliphatic hydroxyl groups excluding tert-OH is 1. The molecule has 1 saturated heterocycles. The highest BCUT2D eigenvalue weighted by Gasteiger charge is 2.29. The number of hydrogen-bond acceptors (Lipinski definition) is 5. The second kappa shape index (κ2) is 12.0. The van der Waals surface area contributed by atoms with E-state index in [4.69, 9.17) is 16.7 Å². The Kier molecular flexibility index (Phi) is 9.34. The van der Waals surface area contributed by atoms with E-state index in [2.05, 4.69) is 10.6 Å². The van der Waals surface area contributed by atoms with Crippen LogP contribution in [0.5, 0.6) is 0 Å². The highest BCUT2D eigenvalue weighted by atomic mass is 35.5. The Bertz CT molecular complexity index is 1010. The Morgan fingerprint density at radius 3 is 2.49 bits per heavy atom. The number of aliphatic hydroxyl groups is 1. The van der Waals surface area contributed by atoms with Crippen molar-refractivity contribution in [1.29, 1.82) is 0 Å². The molecule has 0 aromatic heterocycles. The maximum atomic E-state index is 14.7. The molecule has 2 aromatic carbocycles. The molecule has 0 aliphatic carbocycles. The van der Waals surface area contributed by atoms with Crippen LogP contribution in [-0.2, 0) is 6.54 Å². The molecule has 0 unspecified atom stereocenters. The van der Waals surface area contributed by atoms with Gasteiger partial charge in [-0.2, -0.15) is 13.2 Å². The summed E-state index contributed by atoms with van der Waals surface area (Å²) in [6.07, 6.45) is -5.05. The van der Waals surface area contributed by atoms with Crippen LogP contribution in [-0.4, -0.2) is 67.5 Å². The van der Waals surface area contributed by atoms with Crippen LogP contribution in [0.2, 0.25) is 5.02 Å². The summed E-state index contributed by atoms with van der Waals surface area (Å²) < 4.78 is 52.2. The van der Waals surface area contributed by atoms with E-state index in [1.54, 1.807) is 36.1 Å². The van der Waals surface area contributed by atoms with Gasteiger partial charge < -0.3 is 20.6 Å². The molecule has 1 heterocycles. The number of anilines is 2. The number of amides is 1. The van der Waals surface area contributed by atoms with Crippen molar-refractivity contribution in [1.82, 2.24) is 10.2 Å². The number of alkyl halides is 3. The van der Waals surface area contributed by atoms with Crippen LogP contribution in [0.25, 0.3) is 0 Å². The minimum absolute atomic E-state index is 0.0466. The van der Waals surface area contributed by atoms with E-state index in [1.807, 2.05) is 4.90 Å². The van der Waals surface area contributed by atoms with Crippen molar-refractivity contribution >= 4 is 28.9 Å². The van der Waals surface area contributed by atoms with Gasteiger partial charge in [-0.15, -0.1) is 0 Å². The van der Waals surface area contributed by atoms with Gasteiger partial charge in [-0.3, -0.25) is 9.69 Å². The smallest absolute Gasteiger partial charge is 0.390 e. The molecule has 3 N–H and O–H groups in total. The Labute approximate surface area is 206 Å².